The van der Waals surface area contributed by atoms with Gasteiger partial charge in [0.25, 0.3) is 0 Å². The van der Waals surface area contributed by atoms with E-state index in [0.717, 1.165) is 27.7 Å². The lowest BCUT2D eigenvalue weighted by atomic mass is 9.68. The number of aromatic amines is 1. The Bertz CT molecular complexity index is 1110. The molecule has 7 unspecified atom stereocenters. The van der Waals surface area contributed by atoms with Gasteiger partial charge in [-0.15, -0.1) is 11.8 Å². The van der Waals surface area contributed by atoms with Crippen LogP contribution in [-0.2, 0) is 14.3 Å². The van der Waals surface area contributed by atoms with Crippen LogP contribution in [0.15, 0.2) is 28.0 Å². The van der Waals surface area contributed by atoms with E-state index in [1.807, 2.05) is 0 Å². The molecule has 144 valence electrons. The number of carbonyl (C=O) groups excluding carboxylic acids is 2. The molecule has 3 heterocycles. The molecule has 6 rings (SSSR count). The lowest BCUT2D eigenvalue weighted by molar-refractivity contribution is -0.154. The number of rotatable bonds is 1. The van der Waals surface area contributed by atoms with E-state index in [4.69, 9.17) is 16.3 Å². The molecule has 0 amide bonds. The maximum atomic E-state index is 12.4. The number of benzene rings is 1. The molecule has 28 heavy (non-hydrogen) atoms. The lowest BCUT2D eigenvalue weighted by Crippen LogP contribution is -2.42. The Kier molecular flexibility index (Phi) is 3.45. The summed E-state index contributed by atoms with van der Waals surface area (Å²) in [5, 5.41) is 12.0. The van der Waals surface area contributed by atoms with Crippen LogP contribution in [-0.4, -0.2) is 27.3 Å². The highest BCUT2D eigenvalue weighted by atomic mass is 35.5. The van der Waals surface area contributed by atoms with Gasteiger partial charge in [0.05, 0.1) is 16.9 Å². The van der Waals surface area contributed by atoms with Crippen LogP contribution in [0, 0.1) is 29.6 Å². The number of thiazole rings is 1. The molecule has 4 aliphatic rings. The molecule has 3 fully saturated rings. The number of hydrogen-bond acceptors (Lipinski definition) is 7. The molecule has 2 bridgehead atoms. The van der Waals surface area contributed by atoms with Crippen molar-refractivity contribution in [2.45, 2.75) is 22.6 Å². The van der Waals surface area contributed by atoms with Crippen molar-refractivity contribution in [1.82, 2.24) is 4.98 Å². The number of halogens is 1. The van der Waals surface area contributed by atoms with Crippen LogP contribution < -0.4 is 4.87 Å². The van der Waals surface area contributed by atoms with Gasteiger partial charge in [0.15, 0.2) is 0 Å². The number of thioether (sulfide) groups is 1. The Labute approximate surface area is 172 Å². The van der Waals surface area contributed by atoms with Crippen molar-refractivity contribution in [2.75, 3.05) is 0 Å². The van der Waals surface area contributed by atoms with Gasteiger partial charge >= 0.3 is 16.8 Å². The van der Waals surface area contributed by atoms with E-state index < -0.39 is 17.9 Å². The van der Waals surface area contributed by atoms with Crippen molar-refractivity contribution >= 4 is 46.6 Å². The van der Waals surface area contributed by atoms with Crippen molar-refractivity contribution in [3.05, 3.63) is 43.3 Å². The number of hydrogen-bond donors (Lipinski definition) is 2. The first-order chi connectivity index (χ1) is 13.4. The van der Waals surface area contributed by atoms with E-state index in [-0.39, 0.29) is 45.5 Å². The zero-order valence-electron chi connectivity index (χ0n) is 14.3. The van der Waals surface area contributed by atoms with E-state index in [2.05, 4.69) is 4.98 Å². The van der Waals surface area contributed by atoms with Crippen LogP contribution in [0.25, 0.3) is 0 Å². The molecule has 6 nitrogen and oxygen atoms in total. The van der Waals surface area contributed by atoms with Gasteiger partial charge in [-0.25, -0.2) is 0 Å². The molecule has 0 radical (unpaired) electrons. The number of cyclic esters (lactones) is 2. The Morgan fingerprint density at radius 1 is 1.14 bits per heavy atom. The van der Waals surface area contributed by atoms with Crippen molar-refractivity contribution in [2.24, 2.45) is 29.6 Å². The molecule has 2 aliphatic carbocycles. The van der Waals surface area contributed by atoms with Crippen molar-refractivity contribution in [1.29, 1.82) is 0 Å². The summed E-state index contributed by atoms with van der Waals surface area (Å²) >= 11 is 8.96. The zero-order chi connectivity index (χ0) is 19.3. The molecule has 1 aromatic heterocycles. The van der Waals surface area contributed by atoms with Crippen LogP contribution in [0.1, 0.15) is 22.8 Å². The summed E-state index contributed by atoms with van der Waals surface area (Å²) in [4.78, 5) is 40.4. The fraction of sp³-hybridized carbons (Fsp3) is 0.421. The minimum Gasteiger partial charge on any atom is -0.508 e. The quantitative estimate of drug-likeness (QED) is 0.528. The number of aromatic hydroxyl groups is 1. The second-order valence-corrected chi connectivity index (χ2v) is 10.5. The number of esters is 2. The summed E-state index contributed by atoms with van der Waals surface area (Å²) in [6, 6.07) is 4.93. The maximum absolute atomic E-state index is 12.4. The molecule has 9 heteroatoms. The van der Waals surface area contributed by atoms with Crippen molar-refractivity contribution in [3.63, 3.8) is 0 Å². The highest BCUT2D eigenvalue weighted by Gasteiger charge is 2.69. The van der Waals surface area contributed by atoms with E-state index >= 15 is 0 Å². The first-order valence-corrected chi connectivity index (χ1v) is 11.1. The normalized spacial score (nSPS) is 37.5. The van der Waals surface area contributed by atoms with Gasteiger partial charge in [0.1, 0.15) is 5.75 Å². The van der Waals surface area contributed by atoms with Gasteiger partial charge in [-0.2, -0.15) is 0 Å². The lowest BCUT2D eigenvalue weighted by Gasteiger charge is -2.42. The third kappa shape index (κ3) is 2.08. The van der Waals surface area contributed by atoms with E-state index in [9.17, 15) is 19.5 Å². The SMILES string of the molecule is O=C1OC(=O)C2C3CC(C4Sc5[nH]c(=O)sc5C(c5cc(Cl)ccc5O)C34)C12. The van der Waals surface area contributed by atoms with E-state index in [1.54, 1.807) is 30.0 Å². The average molecular weight is 436 g/mol. The first-order valence-electron chi connectivity index (χ1n) is 9.07. The predicted octanol–water partition coefficient (Wildman–Crippen LogP) is 2.98. The van der Waals surface area contributed by atoms with Gasteiger partial charge in [-0.3, -0.25) is 14.4 Å². The molecule has 0 spiro atoms. The number of aromatic nitrogens is 1. The minimum atomic E-state index is -0.423. The number of phenolic OH excluding ortho intramolecular Hbond substituents is 1. The summed E-state index contributed by atoms with van der Waals surface area (Å²) in [5.74, 6) is -1.71. The van der Waals surface area contributed by atoms with Gasteiger partial charge in [-0.05, 0) is 42.4 Å². The fourth-order valence-corrected chi connectivity index (χ4v) is 9.00. The average Bonchev–Trinajstić information content (AvgIpc) is 3.36. The second kappa shape index (κ2) is 5.64. The minimum absolute atomic E-state index is 0.0137. The van der Waals surface area contributed by atoms with E-state index in [1.165, 1.54) is 0 Å². The van der Waals surface area contributed by atoms with Crippen LogP contribution in [0.4, 0.5) is 0 Å². The molecular weight excluding hydrogens is 422 g/mol. The summed E-state index contributed by atoms with van der Waals surface area (Å²) in [5.41, 5.74) is 0.668. The number of ether oxygens (including phenoxy) is 1. The third-order valence-corrected chi connectivity index (χ3v) is 9.61. The van der Waals surface area contributed by atoms with Gasteiger partial charge < -0.3 is 14.8 Å². The van der Waals surface area contributed by atoms with Gasteiger partial charge in [0.2, 0.25) is 0 Å². The van der Waals surface area contributed by atoms with Crippen molar-refractivity contribution in [3.8, 4) is 5.75 Å². The standard InChI is InChI=1S/C19H14ClNO5S2/c20-5-1-2-9(22)6(3-5)10-11-7-4-8(13-12(7)17(23)26-18(13)24)14(11)27-16-15(10)28-19(25)21-16/h1-3,7-8,10-14,22H,4H2,(H,21,25). The Hall–Kier alpha value is -1.77. The summed E-state index contributed by atoms with van der Waals surface area (Å²) in [6.07, 6.45) is 0.787. The molecule has 2 saturated carbocycles. The number of nitrogens with one attached hydrogen (secondary N) is 1. The molecule has 2 N–H and O–H groups in total. The topological polar surface area (TPSA) is 96.5 Å². The largest absolute Gasteiger partial charge is 0.508 e. The highest BCUT2D eigenvalue weighted by molar-refractivity contribution is 8.00. The fourth-order valence-electron chi connectivity index (χ4n) is 5.94. The molecule has 2 aromatic rings. The maximum Gasteiger partial charge on any atom is 0.317 e. The number of phenols is 1. The molecule has 1 aromatic carbocycles. The predicted molar refractivity (Wildman–Crippen MR) is 103 cm³/mol. The molecular formula is C19H14ClNO5S2. The Morgan fingerprint density at radius 3 is 2.68 bits per heavy atom. The highest BCUT2D eigenvalue weighted by Crippen LogP contribution is 2.68. The number of carbonyl (C=O) groups is 2. The van der Waals surface area contributed by atoms with Crippen LogP contribution in [0.2, 0.25) is 5.02 Å². The van der Waals surface area contributed by atoms with Crippen LogP contribution >= 0.6 is 34.7 Å². The Balaban J connectivity index is 1.55. The number of fused-ring (bicyclic) bond motifs is 9. The van der Waals surface area contributed by atoms with Crippen LogP contribution in [0.5, 0.6) is 5.75 Å². The molecule has 2 aliphatic heterocycles. The Morgan fingerprint density at radius 2 is 1.89 bits per heavy atom. The smallest absolute Gasteiger partial charge is 0.317 e. The summed E-state index contributed by atoms with van der Waals surface area (Å²) in [7, 11) is 0. The molecule has 1 saturated heterocycles. The second-order valence-electron chi connectivity index (χ2n) is 7.90. The van der Waals surface area contributed by atoms with Gasteiger partial charge in [0, 0.05) is 26.6 Å². The molecule has 7 atom stereocenters. The summed E-state index contributed by atoms with van der Waals surface area (Å²) < 4.78 is 4.96. The zero-order valence-corrected chi connectivity index (χ0v) is 16.6. The first kappa shape index (κ1) is 17.1. The van der Waals surface area contributed by atoms with Crippen LogP contribution in [0.3, 0.4) is 0 Å². The summed E-state index contributed by atoms with van der Waals surface area (Å²) in [6.45, 7) is 0. The van der Waals surface area contributed by atoms with E-state index in [0.29, 0.717) is 10.6 Å². The van der Waals surface area contributed by atoms with Crippen molar-refractivity contribution < 1.29 is 19.4 Å². The third-order valence-electron chi connectivity index (χ3n) is 6.78. The number of H-pyrrole nitrogens is 1. The van der Waals surface area contributed by atoms with Gasteiger partial charge in [-0.1, -0.05) is 22.9 Å². The monoisotopic (exact) mass is 435 g/mol.